The summed E-state index contributed by atoms with van der Waals surface area (Å²) in [7, 11) is -4.07. The van der Waals surface area contributed by atoms with Gasteiger partial charge in [0.1, 0.15) is 6.04 Å². The molecular formula is C17H22N2O5S. The zero-order valence-electron chi connectivity index (χ0n) is 14.2. The van der Waals surface area contributed by atoms with Gasteiger partial charge in [0.25, 0.3) is 15.9 Å². The number of nitrogens with one attached hydrogen (secondary N) is 2. The highest BCUT2D eigenvalue weighted by Gasteiger charge is 2.33. The Morgan fingerprint density at radius 3 is 2.08 bits per heavy atom. The van der Waals surface area contributed by atoms with Gasteiger partial charge in [-0.3, -0.25) is 14.4 Å². The molecular weight excluding hydrogens is 344 g/mol. The van der Waals surface area contributed by atoms with Crippen LogP contribution < -0.4 is 10.0 Å². The van der Waals surface area contributed by atoms with Gasteiger partial charge >= 0.3 is 0 Å². The van der Waals surface area contributed by atoms with Gasteiger partial charge in [0.15, 0.2) is 5.78 Å². The maximum absolute atomic E-state index is 12.5. The van der Waals surface area contributed by atoms with Crippen LogP contribution in [-0.4, -0.2) is 32.1 Å². The van der Waals surface area contributed by atoms with Crippen molar-refractivity contribution in [2.45, 2.75) is 50.5 Å². The van der Waals surface area contributed by atoms with E-state index in [-0.39, 0.29) is 22.5 Å². The number of benzene rings is 1. The molecule has 2 N–H and O–H groups in total. The number of rotatable bonds is 6. The lowest BCUT2D eigenvalue weighted by Gasteiger charge is -2.23. The van der Waals surface area contributed by atoms with E-state index in [4.69, 9.17) is 0 Å². The average molecular weight is 366 g/mol. The third-order valence-corrected chi connectivity index (χ3v) is 5.68. The van der Waals surface area contributed by atoms with Crippen molar-refractivity contribution in [1.82, 2.24) is 10.0 Å². The first kappa shape index (κ1) is 19.1. The van der Waals surface area contributed by atoms with E-state index in [1.54, 1.807) is 0 Å². The van der Waals surface area contributed by atoms with Gasteiger partial charge in [-0.25, -0.2) is 13.1 Å². The van der Waals surface area contributed by atoms with E-state index < -0.39 is 22.0 Å². The van der Waals surface area contributed by atoms with Gasteiger partial charge in [-0.2, -0.15) is 0 Å². The fourth-order valence-corrected chi connectivity index (χ4v) is 4.03. The van der Waals surface area contributed by atoms with Crippen LogP contribution in [0, 0.1) is 5.92 Å². The SMILES string of the molecule is CC(=O)N[C@@H](C(=O)NS(=O)(=O)c1ccc(C(C)=O)cc1)C1CCCC1. The van der Waals surface area contributed by atoms with Gasteiger partial charge < -0.3 is 5.32 Å². The average Bonchev–Trinajstić information content (AvgIpc) is 3.06. The Hall–Kier alpha value is -2.22. The van der Waals surface area contributed by atoms with Gasteiger partial charge in [-0.15, -0.1) is 0 Å². The second-order valence-corrected chi connectivity index (χ2v) is 7.96. The Labute approximate surface area is 147 Å². The largest absolute Gasteiger partial charge is 0.344 e. The second-order valence-electron chi connectivity index (χ2n) is 6.27. The molecule has 0 aliphatic heterocycles. The van der Waals surface area contributed by atoms with Crippen LogP contribution in [0.25, 0.3) is 0 Å². The van der Waals surface area contributed by atoms with Gasteiger partial charge in [-0.1, -0.05) is 25.0 Å². The molecule has 1 aliphatic rings. The number of ketones is 1. The highest BCUT2D eigenvalue weighted by atomic mass is 32.2. The van der Waals surface area contributed by atoms with E-state index in [1.165, 1.54) is 38.1 Å². The number of Topliss-reactive ketones (excluding diaryl/α,β-unsaturated/α-hetero) is 1. The van der Waals surface area contributed by atoms with Crippen molar-refractivity contribution >= 4 is 27.6 Å². The van der Waals surface area contributed by atoms with E-state index in [0.717, 1.165) is 25.7 Å². The molecule has 0 heterocycles. The molecule has 136 valence electrons. The van der Waals surface area contributed by atoms with Crippen LogP contribution in [0.3, 0.4) is 0 Å². The van der Waals surface area contributed by atoms with Crippen molar-refractivity contribution < 1.29 is 22.8 Å². The summed E-state index contributed by atoms with van der Waals surface area (Å²) in [5.41, 5.74) is 0.382. The molecule has 0 radical (unpaired) electrons. The molecule has 25 heavy (non-hydrogen) atoms. The Balaban J connectivity index is 2.17. The molecule has 1 atom stereocenters. The Bertz CT molecular complexity index is 765. The summed E-state index contributed by atoms with van der Waals surface area (Å²) >= 11 is 0. The van der Waals surface area contributed by atoms with Crippen LogP contribution >= 0.6 is 0 Å². The van der Waals surface area contributed by atoms with E-state index in [2.05, 4.69) is 5.32 Å². The third kappa shape index (κ3) is 4.88. The minimum Gasteiger partial charge on any atom is -0.344 e. The van der Waals surface area contributed by atoms with Crippen molar-refractivity contribution in [1.29, 1.82) is 0 Å². The predicted octanol–water partition coefficient (Wildman–Crippen LogP) is 1.39. The topological polar surface area (TPSA) is 109 Å². The lowest BCUT2D eigenvalue weighted by atomic mass is 9.97. The van der Waals surface area contributed by atoms with Crippen molar-refractivity contribution in [3.05, 3.63) is 29.8 Å². The summed E-state index contributed by atoms with van der Waals surface area (Å²) in [5, 5.41) is 2.56. The molecule has 0 aromatic heterocycles. The van der Waals surface area contributed by atoms with E-state index in [0.29, 0.717) is 5.56 Å². The number of hydrogen-bond acceptors (Lipinski definition) is 5. The normalized spacial score (nSPS) is 16.2. The minimum absolute atomic E-state index is 0.0702. The van der Waals surface area contributed by atoms with Gasteiger partial charge in [0.2, 0.25) is 5.91 Å². The first-order chi connectivity index (χ1) is 11.7. The smallest absolute Gasteiger partial charge is 0.264 e. The zero-order chi connectivity index (χ0) is 18.6. The molecule has 1 aromatic rings. The van der Waals surface area contributed by atoms with Crippen LogP contribution in [0.4, 0.5) is 0 Å². The summed E-state index contributed by atoms with van der Waals surface area (Å²) in [6, 6.07) is 4.46. The van der Waals surface area contributed by atoms with Crippen molar-refractivity contribution in [2.24, 2.45) is 5.92 Å². The molecule has 0 saturated heterocycles. The van der Waals surface area contributed by atoms with Crippen molar-refractivity contribution in [3.8, 4) is 0 Å². The summed E-state index contributed by atoms with van der Waals surface area (Å²) in [6.07, 6.45) is 3.44. The number of carbonyl (C=O) groups excluding carboxylic acids is 3. The summed E-state index contributed by atoms with van der Waals surface area (Å²) in [5.74, 6) is -1.37. The maximum Gasteiger partial charge on any atom is 0.264 e. The molecule has 0 spiro atoms. The van der Waals surface area contributed by atoms with E-state index in [9.17, 15) is 22.8 Å². The number of hydrogen-bond donors (Lipinski definition) is 2. The molecule has 0 bridgehead atoms. The predicted molar refractivity (Wildman–Crippen MR) is 91.3 cm³/mol. The van der Waals surface area contributed by atoms with Crippen LogP contribution in [0.5, 0.6) is 0 Å². The zero-order valence-corrected chi connectivity index (χ0v) is 15.1. The van der Waals surface area contributed by atoms with Gasteiger partial charge in [-0.05, 0) is 37.8 Å². The highest BCUT2D eigenvalue weighted by Crippen LogP contribution is 2.28. The molecule has 1 aliphatic carbocycles. The summed E-state index contributed by atoms with van der Waals surface area (Å²) in [4.78, 5) is 35.0. The second kappa shape index (κ2) is 7.77. The fourth-order valence-electron chi connectivity index (χ4n) is 3.03. The maximum atomic E-state index is 12.5. The van der Waals surface area contributed by atoms with Crippen LogP contribution in [0.1, 0.15) is 49.9 Å². The van der Waals surface area contributed by atoms with Crippen molar-refractivity contribution in [2.75, 3.05) is 0 Å². The quantitative estimate of drug-likeness (QED) is 0.740. The van der Waals surface area contributed by atoms with Gasteiger partial charge in [0, 0.05) is 12.5 Å². The molecule has 2 amide bonds. The standard InChI is InChI=1S/C17H22N2O5S/c1-11(20)13-7-9-15(10-8-13)25(23,24)19-17(22)16(18-12(2)21)14-5-3-4-6-14/h7-10,14,16H,3-6H2,1-2H3,(H,18,21)(H,19,22)/t16-/m1/s1. The van der Waals surface area contributed by atoms with Crippen LogP contribution in [0.15, 0.2) is 29.2 Å². The third-order valence-electron chi connectivity index (χ3n) is 4.32. The number of sulfonamides is 1. The number of amides is 2. The molecule has 2 rings (SSSR count). The monoisotopic (exact) mass is 366 g/mol. The van der Waals surface area contributed by atoms with E-state index >= 15 is 0 Å². The Morgan fingerprint density at radius 1 is 1.04 bits per heavy atom. The lowest BCUT2D eigenvalue weighted by molar-refractivity contribution is -0.128. The molecule has 8 heteroatoms. The van der Waals surface area contributed by atoms with Crippen LogP contribution in [0.2, 0.25) is 0 Å². The first-order valence-corrected chi connectivity index (χ1v) is 9.64. The molecule has 0 unspecified atom stereocenters. The van der Waals surface area contributed by atoms with Crippen molar-refractivity contribution in [3.63, 3.8) is 0 Å². The summed E-state index contributed by atoms with van der Waals surface area (Å²) < 4.78 is 26.8. The van der Waals surface area contributed by atoms with Crippen LogP contribution in [-0.2, 0) is 19.6 Å². The number of carbonyl (C=O) groups is 3. The Kier molecular flexibility index (Phi) is 5.94. The molecule has 1 aromatic carbocycles. The Morgan fingerprint density at radius 2 is 1.60 bits per heavy atom. The molecule has 1 fully saturated rings. The molecule has 1 saturated carbocycles. The fraction of sp³-hybridized carbons (Fsp3) is 0.471. The lowest BCUT2D eigenvalue weighted by Crippen LogP contribution is -2.51. The molecule has 7 nitrogen and oxygen atoms in total. The van der Waals surface area contributed by atoms with E-state index in [1.807, 2.05) is 4.72 Å². The first-order valence-electron chi connectivity index (χ1n) is 8.15. The highest BCUT2D eigenvalue weighted by molar-refractivity contribution is 7.90. The summed E-state index contributed by atoms with van der Waals surface area (Å²) in [6.45, 7) is 2.68. The minimum atomic E-state index is -4.07. The van der Waals surface area contributed by atoms with Gasteiger partial charge in [0.05, 0.1) is 4.90 Å².